The Morgan fingerprint density at radius 3 is 2.68 bits per heavy atom. The predicted molar refractivity (Wildman–Crippen MR) is 92.0 cm³/mol. The highest BCUT2D eigenvalue weighted by atomic mass is 35.5. The summed E-state index contributed by atoms with van der Waals surface area (Å²) in [7, 11) is 3.82. The minimum absolute atomic E-state index is 0.0472. The normalized spacial score (nSPS) is 12.7. The molecule has 0 amide bonds. The van der Waals surface area contributed by atoms with Gasteiger partial charge in [0.2, 0.25) is 0 Å². The molecule has 2 rings (SSSR count). The van der Waals surface area contributed by atoms with Gasteiger partial charge in [-0.2, -0.15) is 0 Å². The van der Waals surface area contributed by atoms with E-state index < -0.39 is 16.4 Å². The SMILES string of the molecule is C[NH+](C)[C@@H](CN=Cc1cc(Cl)cc([N+](=O)[O-])c1[O-])c1cccc(F)c1. The van der Waals surface area contributed by atoms with Gasteiger partial charge >= 0.3 is 0 Å². The quantitative estimate of drug-likeness (QED) is 0.481. The van der Waals surface area contributed by atoms with E-state index in [2.05, 4.69) is 4.99 Å². The monoisotopic (exact) mass is 365 g/mol. The fourth-order valence-electron chi connectivity index (χ4n) is 2.43. The average Bonchev–Trinajstić information content (AvgIpc) is 2.53. The number of hydrogen-bond acceptors (Lipinski definition) is 4. The zero-order valence-electron chi connectivity index (χ0n) is 13.7. The molecule has 0 bridgehead atoms. The number of nitro benzene ring substituents is 1. The van der Waals surface area contributed by atoms with Gasteiger partial charge in [0.25, 0.3) is 5.69 Å². The van der Waals surface area contributed by atoms with Crippen molar-refractivity contribution in [2.45, 2.75) is 6.04 Å². The van der Waals surface area contributed by atoms with E-state index in [4.69, 9.17) is 11.6 Å². The van der Waals surface area contributed by atoms with Crippen molar-refractivity contribution in [1.82, 2.24) is 0 Å². The van der Waals surface area contributed by atoms with Crippen molar-refractivity contribution in [3.63, 3.8) is 0 Å². The fourth-order valence-corrected chi connectivity index (χ4v) is 2.65. The van der Waals surface area contributed by atoms with Crippen molar-refractivity contribution in [2.24, 2.45) is 4.99 Å². The van der Waals surface area contributed by atoms with E-state index in [0.717, 1.165) is 16.5 Å². The van der Waals surface area contributed by atoms with Gasteiger partial charge in [-0.1, -0.05) is 23.7 Å². The number of aliphatic imine (C=N–C) groups is 1. The number of nitrogens with zero attached hydrogens (tertiary/aromatic N) is 2. The number of quaternary nitrogens is 1. The Bertz CT molecular complexity index is 812. The number of likely N-dealkylation sites (N-methyl/N-ethyl adjacent to an activating group) is 1. The molecule has 8 heteroatoms. The second-order valence-electron chi connectivity index (χ2n) is 5.78. The number of nitrogens with one attached hydrogen (secondary N) is 1. The first-order valence-electron chi connectivity index (χ1n) is 7.50. The van der Waals surface area contributed by atoms with Crippen LogP contribution in [0.25, 0.3) is 0 Å². The topological polar surface area (TPSA) is 83.0 Å². The van der Waals surface area contributed by atoms with Gasteiger partial charge in [0, 0.05) is 22.9 Å². The summed E-state index contributed by atoms with van der Waals surface area (Å²) in [6.45, 7) is 0.283. The fraction of sp³-hybridized carbons (Fsp3) is 0.235. The van der Waals surface area contributed by atoms with E-state index in [1.807, 2.05) is 14.1 Å². The van der Waals surface area contributed by atoms with E-state index in [9.17, 15) is 19.6 Å². The third-order valence-corrected chi connectivity index (χ3v) is 3.94. The molecule has 0 heterocycles. The maximum absolute atomic E-state index is 13.4. The Labute approximate surface area is 149 Å². The molecule has 1 atom stereocenters. The summed E-state index contributed by atoms with van der Waals surface area (Å²) in [6.07, 6.45) is 1.27. The Balaban J connectivity index is 2.25. The lowest BCUT2D eigenvalue weighted by molar-refractivity contribution is -0.890. The molecule has 0 spiro atoms. The van der Waals surface area contributed by atoms with Gasteiger partial charge in [-0.3, -0.25) is 15.1 Å². The lowest BCUT2D eigenvalue weighted by Gasteiger charge is -2.20. The molecule has 1 N–H and O–H groups in total. The van der Waals surface area contributed by atoms with Crippen molar-refractivity contribution in [2.75, 3.05) is 20.6 Å². The van der Waals surface area contributed by atoms with Crippen LogP contribution in [0.2, 0.25) is 5.02 Å². The molecule has 6 nitrogen and oxygen atoms in total. The van der Waals surface area contributed by atoms with Gasteiger partial charge < -0.3 is 10.0 Å². The zero-order chi connectivity index (χ0) is 18.6. The van der Waals surface area contributed by atoms with Crippen LogP contribution in [0, 0.1) is 15.9 Å². The molecule has 0 fully saturated rings. The number of hydrogen-bond donors (Lipinski definition) is 1. The first-order chi connectivity index (χ1) is 11.8. The summed E-state index contributed by atoms with van der Waals surface area (Å²) in [4.78, 5) is 15.4. The predicted octanol–water partition coefficient (Wildman–Crippen LogP) is 1.77. The van der Waals surface area contributed by atoms with Crippen LogP contribution in [0.5, 0.6) is 5.75 Å². The van der Waals surface area contributed by atoms with Crippen LogP contribution < -0.4 is 10.0 Å². The van der Waals surface area contributed by atoms with Crippen molar-refractivity contribution in [1.29, 1.82) is 0 Å². The largest absolute Gasteiger partial charge is 0.867 e. The van der Waals surface area contributed by atoms with Gasteiger partial charge in [0.05, 0.1) is 25.6 Å². The zero-order valence-corrected chi connectivity index (χ0v) is 14.5. The van der Waals surface area contributed by atoms with Crippen LogP contribution >= 0.6 is 11.6 Å². The highest BCUT2D eigenvalue weighted by Gasteiger charge is 2.17. The van der Waals surface area contributed by atoms with Gasteiger partial charge in [-0.15, -0.1) is 0 Å². The minimum Gasteiger partial charge on any atom is -0.867 e. The lowest BCUT2D eigenvalue weighted by Crippen LogP contribution is -3.06. The van der Waals surface area contributed by atoms with E-state index in [1.165, 1.54) is 24.4 Å². The molecule has 132 valence electrons. The van der Waals surface area contributed by atoms with E-state index in [1.54, 1.807) is 12.1 Å². The standard InChI is InChI=1S/C17H17ClFN3O3/c1-21(2)16(11-4-3-5-14(19)7-11)10-20-9-12-6-13(18)8-15(17(12)23)22(24)25/h3-9,16,23H,10H2,1-2H3/t16-/m0/s1. The molecule has 0 aliphatic heterocycles. The molecule has 0 aliphatic carbocycles. The van der Waals surface area contributed by atoms with Gasteiger partial charge in [0.15, 0.2) is 0 Å². The highest BCUT2D eigenvalue weighted by molar-refractivity contribution is 6.31. The first-order valence-corrected chi connectivity index (χ1v) is 7.87. The minimum atomic E-state index is -0.773. The van der Waals surface area contributed by atoms with Gasteiger partial charge in [-0.25, -0.2) is 4.39 Å². The molecule has 0 aromatic heterocycles. The Kier molecular flexibility index (Phi) is 6.06. The van der Waals surface area contributed by atoms with Crippen molar-refractivity contribution in [3.05, 3.63) is 68.5 Å². The third kappa shape index (κ3) is 4.74. The number of rotatable bonds is 6. The third-order valence-electron chi connectivity index (χ3n) is 3.73. The smallest absolute Gasteiger partial charge is 0.263 e. The van der Waals surface area contributed by atoms with Crippen molar-refractivity contribution in [3.8, 4) is 5.75 Å². The molecule has 0 radical (unpaired) electrons. The van der Waals surface area contributed by atoms with Gasteiger partial charge in [-0.05, 0) is 29.5 Å². The summed E-state index contributed by atoms with van der Waals surface area (Å²) in [6, 6.07) is 8.46. The maximum atomic E-state index is 13.4. The molecule has 2 aromatic carbocycles. The summed E-state index contributed by atoms with van der Waals surface area (Å²) in [5, 5.41) is 23.0. The van der Waals surface area contributed by atoms with Crippen molar-refractivity contribution >= 4 is 23.5 Å². The van der Waals surface area contributed by atoms with E-state index >= 15 is 0 Å². The average molecular weight is 366 g/mol. The van der Waals surface area contributed by atoms with Gasteiger partial charge in [0.1, 0.15) is 11.9 Å². The summed E-state index contributed by atoms with van der Waals surface area (Å²) < 4.78 is 13.4. The van der Waals surface area contributed by atoms with E-state index in [0.29, 0.717) is 0 Å². The summed E-state index contributed by atoms with van der Waals surface area (Å²) in [5.41, 5.74) is 0.233. The van der Waals surface area contributed by atoms with Crippen LogP contribution in [0.3, 0.4) is 0 Å². The van der Waals surface area contributed by atoms with Crippen LogP contribution in [0.4, 0.5) is 10.1 Å². The molecule has 0 unspecified atom stereocenters. The Hall–Kier alpha value is -2.51. The van der Waals surface area contributed by atoms with Crippen molar-refractivity contribution < 1.29 is 19.3 Å². The van der Waals surface area contributed by atoms with Crippen LogP contribution in [-0.4, -0.2) is 31.8 Å². The molecular formula is C17H17ClFN3O3. The second kappa shape index (κ2) is 8.04. The summed E-state index contributed by atoms with van der Waals surface area (Å²) in [5.74, 6) is -1.07. The van der Waals surface area contributed by atoms with E-state index in [-0.39, 0.29) is 29.0 Å². The first kappa shape index (κ1) is 18.8. The molecule has 2 aromatic rings. The molecule has 25 heavy (non-hydrogen) atoms. The number of nitro groups is 1. The molecule has 0 saturated carbocycles. The van der Waals surface area contributed by atoms with Crippen LogP contribution in [0.1, 0.15) is 17.2 Å². The summed E-state index contributed by atoms with van der Waals surface area (Å²) >= 11 is 5.82. The number of halogens is 2. The Morgan fingerprint density at radius 2 is 2.08 bits per heavy atom. The number of benzene rings is 2. The second-order valence-corrected chi connectivity index (χ2v) is 6.22. The van der Waals surface area contributed by atoms with Crippen LogP contribution in [0.15, 0.2) is 41.4 Å². The Morgan fingerprint density at radius 1 is 1.36 bits per heavy atom. The van der Waals surface area contributed by atoms with Crippen LogP contribution in [-0.2, 0) is 0 Å². The maximum Gasteiger partial charge on any atom is 0.263 e. The molecule has 0 aliphatic rings. The highest BCUT2D eigenvalue weighted by Crippen LogP contribution is 2.30. The lowest BCUT2D eigenvalue weighted by atomic mass is 10.1. The molecule has 0 saturated heterocycles. The molecular weight excluding hydrogens is 349 g/mol.